The highest BCUT2D eigenvalue weighted by Crippen LogP contribution is 2.30. The minimum atomic E-state index is -3.95. The van der Waals surface area contributed by atoms with Crippen LogP contribution in [0.15, 0.2) is 66.1 Å². The van der Waals surface area contributed by atoms with Gasteiger partial charge in [-0.2, -0.15) is 0 Å². The second-order valence-electron chi connectivity index (χ2n) is 8.48. The third kappa shape index (κ3) is 6.59. The van der Waals surface area contributed by atoms with Crippen molar-refractivity contribution >= 4 is 33.2 Å². The van der Waals surface area contributed by atoms with Crippen LogP contribution in [0, 0.1) is 5.92 Å². The molecule has 0 spiro atoms. The molecule has 1 N–H and O–H groups in total. The van der Waals surface area contributed by atoms with Gasteiger partial charge in [-0.15, -0.1) is 6.58 Å². The summed E-state index contributed by atoms with van der Waals surface area (Å²) in [4.78, 5) is 15.2. The van der Waals surface area contributed by atoms with Crippen LogP contribution in [0.1, 0.15) is 36.5 Å². The zero-order valence-corrected chi connectivity index (χ0v) is 20.6. The summed E-state index contributed by atoms with van der Waals surface area (Å²) in [7, 11) is -3.95. The first kappa shape index (κ1) is 25.3. The Hall–Kier alpha value is -2.35. The molecule has 178 valence electrons. The van der Waals surface area contributed by atoms with Gasteiger partial charge in [-0.3, -0.25) is 9.10 Å². The number of carbonyl (C=O) groups is 1. The fourth-order valence-electron chi connectivity index (χ4n) is 4.04. The molecule has 6 nitrogen and oxygen atoms in total. The second kappa shape index (κ2) is 11.7. The summed E-state index contributed by atoms with van der Waals surface area (Å²) in [6, 6.07) is 12.8. The van der Waals surface area contributed by atoms with Gasteiger partial charge in [-0.1, -0.05) is 49.2 Å². The minimum absolute atomic E-state index is 0.0262. The van der Waals surface area contributed by atoms with E-state index in [-0.39, 0.29) is 17.3 Å². The number of anilines is 1. The highest BCUT2D eigenvalue weighted by atomic mass is 35.5. The molecule has 0 bridgehead atoms. The van der Waals surface area contributed by atoms with Crippen LogP contribution in [0.2, 0.25) is 5.02 Å². The number of sulfonamides is 1. The fraction of sp³-hybridized carbons (Fsp3) is 0.400. The quantitative estimate of drug-likeness (QED) is 0.496. The Morgan fingerprint density at radius 3 is 2.61 bits per heavy atom. The number of nitrogens with zero attached hydrogens (tertiary/aromatic N) is 2. The van der Waals surface area contributed by atoms with E-state index in [0.717, 1.165) is 19.6 Å². The van der Waals surface area contributed by atoms with Gasteiger partial charge in [0.1, 0.15) is 0 Å². The lowest BCUT2D eigenvalue weighted by atomic mass is 10.1. The summed E-state index contributed by atoms with van der Waals surface area (Å²) in [5, 5.41) is 3.27. The molecule has 0 radical (unpaired) electrons. The van der Waals surface area contributed by atoms with Gasteiger partial charge in [0.2, 0.25) is 0 Å². The SMILES string of the molecule is C=CCN(c1ccccc1Cl)S(=O)(=O)c1cccc(C(=O)NCC(C)CN2CCCCC2)c1. The van der Waals surface area contributed by atoms with Crippen LogP contribution in [0.4, 0.5) is 5.69 Å². The summed E-state index contributed by atoms with van der Waals surface area (Å²) < 4.78 is 28.0. The number of piperidine rings is 1. The van der Waals surface area contributed by atoms with Crippen LogP contribution >= 0.6 is 11.6 Å². The number of nitrogens with one attached hydrogen (secondary N) is 1. The molecule has 1 amide bonds. The van der Waals surface area contributed by atoms with E-state index in [1.807, 2.05) is 0 Å². The molecule has 1 atom stereocenters. The normalized spacial score (nSPS) is 15.6. The Labute approximate surface area is 202 Å². The monoisotopic (exact) mass is 489 g/mol. The molecule has 1 saturated heterocycles. The van der Waals surface area contributed by atoms with Crippen molar-refractivity contribution in [1.82, 2.24) is 10.2 Å². The lowest BCUT2D eigenvalue weighted by Crippen LogP contribution is -2.38. The van der Waals surface area contributed by atoms with Gasteiger partial charge in [0.25, 0.3) is 15.9 Å². The third-order valence-corrected chi connectivity index (χ3v) is 7.83. The molecule has 3 rings (SSSR count). The Bertz CT molecular complexity index is 1070. The molecule has 1 fully saturated rings. The largest absolute Gasteiger partial charge is 0.352 e. The topological polar surface area (TPSA) is 69.7 Å². The Kier molecular flexibility index (Phi) is 8.95. The molecular weight excluding hydrogens is 458 g/mol. The summed E-state index contributed by atoms with van der Waals surface area (Å²) in [6.07, 6.45) is 5.26. The average molecular weight is 490 g/mol. The van der Waals surface area contributed by atoms with Crippen molar-refractivity contribution < 1.29 is 13.2 Å². The number of hydrogen-bond donors (Lipinski definition) is 1. The molecule has 0 aliphatic carbocycles. The van der Waals surface area contributed by atoms with Gasteiger partial charge in [0.05, 0.1) is 22.2 Å². The Balaban J connectivity index is 1.72. The molecule has 1 aliphatic heterocycles. The van der Waals surface area contributed by atoms with Crippen LogP contribution in [-0.2, 0) is 10.0 Å². The average Bonchev–Trinajstić information content (AvgIpc) is 2.82. The molecule has 1 aliphatic rings. The lowest BCUT2D eigenvalue weighted by molar-refractivity contribution is 0.0942. The summed E-state index contributed by atoms with van der Waals surface area (Å²) in [5.41, 5.74) is 0.666. The first-order chi connectivity index (χ1) is 15.8. The molecule has 1 unspecified atom stereocenters. The third-order valence-electron chi connectivity index (χ3n) is 5.73. The summed E-state index contributed by atoms with van der Waals surface area (Å²) in [5.74, 6) is 0.0211. The van der Waals surface area contributed by atoms with Gasteiger partial charge in [0, 0.05) is 18.7 Å². The Morgan fingerprint density at radius 1 is 1.18 bits per heavy atom. The smallest absolute Gasteiger partial charge is 0.264 e. The van der Waals surface area contributed by atoms with Crippen LogP contribution in [0.25, 0.3) is 0 Å². The predicted molar refractivity (Wildman–Crippen MR) is 134 cm³/mol. The minimum Gasteiger partial charge on any atom is -0.352 e. The van der Waals surface area contributed by atoms with Crippen LogP contribution < -0.4 is 9.62 Å². The van der Waals surface area contributed by atoms with Gasteiger partial charge in [0.15, 0.2) is 0 Å². The molecule has 2 aromatic carbocycles. The zero-order valence-electron chi connectivity index (χ0n) is 19.0. The fourth-order valence-corrected chi connectivity index (χ4v) is 5.83. The number of amides is 1. The molecule has 33 heavy (non-hydrogen) atoms. The molecule has 2 aromatic rings. The lowest BCUT2D eigenvalue weighted by Gasteiger charge is -2.29. The standard InChI is InChI=1S/C25H32ClN3O3S/c1-3-14-29(24-13-6-5-12-23(24)26)33(31,32)22-11-9-10-21(17-22)25(30)27-18-20(2)19-28-15-7-4-8-16-28/h3,5-6,9-13,17,20H,1,4,7-8,14-16,18-19H2,2H3,(H,27,30). The van der Waals surface area contributed by atoms with Gasteiger partial charge < -0.3 is 10.2 Å². The predicted octanol–water partition coefficient (Wildman–Crippen LogP) is 4.57. The number of likely N-dealkylation sites (tertiary alicyclic amines) is 1. The number of halogens is 1. The van der Waals surface area contributed by atoms with Crippen LogP contribution in [-0.4, -0.2) is 51.9 Å². The first-order valence-electron chi connectivity index (χ1n) is 11.3. The number of para-hydroxylation sites is 1. The first-order valence-corrected chi connectivity index (χ1v) is 13.1. The zero-order chi connectivity index (χ0) is 23.8. The maximum Gasteiger partial charge on any atom is 0.264 e. The van der Waals surface area contributed by atoms with E-state index in [2.05, 4.69) is 23.7 Å². The molecular formula is C25H32ClN3O3S. The number of rotatable bonds is 10. The van der Waals surface area contributed by atoms with Crippen molar-refractivity contribution in [2.24, 2.45) is 5.92 Å². The van der Waals surface area contributed by atoms with Crippen LogP contribution in [0.3, 0.4) is 0 Å². The van der Waals surface area contributed by atoms with Gasteiger partial charge >= 0.3 is 0 Å². The maximum absolute atomic E-state index is 13.4. The Morgan fingerprint density at radius 2 is 1.91 bits per heavy atom. The van der Waals surface area contributed by atoms with Gasteiger partial charge in [-0.25, -0.2) is 8.42 Å². The van der Waals surface area contributed by atoms with Crippen molar-refractivity contribution in [3.8, 4) is 0 Å². The van der Waals surface area contributed by atoms with Crippen molar-refractivity contribution in [2.45, 2.75) is 31.1 Å². The van der Waals surface area contributed by atoms with Crippen molar-refractivity contribution in [1.29, 1.82) is 0 Å². The van der Waals surface area contributed by atoms with Crippen molar-refractivity contribution in [3.05, 3.63) is 71.8 Å². The van der Waals surface area contributed by atoms with E-state index < -0.39 is 10.0 Å². The summed E-state index contributed by atoms with van der Waals surface area (Å²) >= 11 is 6.26. The van der Waals surface area contributed by atoms with E-state index in [9.17, 15) is 13.2 Å². The maximum atomic E-state index is 13.4. The number of carbonyl (C=O) groups excluding carboxylic acids is 1. The van der Waals surface area contributed by atoms with Crippen molar-refractivity contribution in [2.75, 3.05) is 37.0 Å². The second-order valence-corrected chi connectivity index (χ2v) is 10.8. The van der Waals surface area contributed by atoms with E-state index in [1.54, 1.807) is 36.4 Å². The van der Waals surface area contributed by atoms with Crippen LogP contribution in [0.5, 0.6) is 0 Å². The molecule has 1 heterocycles. The van der Waals surface area contributed by atoms with Crippen molar-refractivity contribution in [3.63, 3.8) is 0 Å². The number of benzene rings is 2. The van der Waals surface area contributed by atoms with Gasteiger partial charge in [-0.05, 0) is 62.2 Å². The molecule has 0 aromatic heterocycles. The summed E-state index contributed by atoms with van der Waals surface area (Å²) in [6.45, 7) is 9.56. The van der Waals surface area contributed by atoms with E-state index >= 15 is 0 Å². The highest BCUT2D eigenvalue weighted by Gasteiger charge is 2.26. The van der Waals surface area contributed by atoms with E-state index in [0.29, 0.717) is 28.7 Å². The number of hydrogen-bond acceptors (Lipinski definition) is 4. The molecule has 8 heteroatoms. The van der Waals surface area contributed by atoms with E-state index in [4.69, 9.17) is 11.6 Å². The highest BCUT2D eigenvalue weighted by molar-refractivity contribution is 7.92. The van der Waals surface area contributed by atoms with E-state index in [1.165, 1.54) is 41.8 Å². The molecule has 0 saturated carbocycles.